The minimum absolute atomic E-state index is 0.211. The van der Waals surface area contributed by atoms with E-state index in [1.807, 2.05) is 38.1 Å². The van der Waals surface area contributed by atoms with Gasteiger partial charge in [0, 0.05) is 5.56 Å². The zero-order valence-electron chi connectivity index (χ0n) is 11.4. The maximum atomic E-state index is 14.4. The molecule has 0 spiro atoms. The highest BCUT2D eigenvalue weighted by atomic mass is 19.1. The van der Waals surface area contributed by atoms with Gasteiger partial charge in [-0.3, -0.25) is 0 Å². The molecule has 0 saturated carbocycles. The number of halogens is 1. The molecule has 0 fully saturated rings. The summed E-state index contributed by atoms with van der Waals surface area (Å²) in [6, 6.07) is 12.8. The second kappa shape index (κ2) is 5.02. The summed E-state index contributed by atoms with van der Waals surface area (Å²) in [5.41, 5.74) is 7.86. The first-order valence-corrected chi connectivity index (χ1v) is 6.16. The van der Waals surface area contributed by atoms with Crippen LogP contribution in [-0.4, -0.2) is 7.11 Å². The van der Waals surface area contributed by atoms with Crippen molar-refractivity contribution in [2.45, 2.75) is 19.4 Å². The van der Waals surface area contributed by atoms with E-state index < -0.39 is 11.4 Å². The molecule has 3 heteroatoms. The average molecular weight is 259 g/mol. The molecule has 1 atom stereocenters. The predicted octanol–water partition coefficient (Wildman–Crippen LogP) is 3.36. The molecule has 0 heterocycles. The Balaban J connectivity index is 2.60. The lowest BCUT2D eigenvalue weighted by atomic mass is 9.83. The largest absolute Gasteiger partial charge is 0.494 e. The molecule has 0 saturated heterocycles. The Kier molecular flexibility index (Phi) is 3.58. The van der Waals surface area contributed by atoms with Crippen LogP contribution < -0.4 is 10.5 Å². The van der Waals surface area contributed by atoms with Gasteiger partial charge in [0.25, 0.3) is 0 Å². The molecule has 0 aliphatic rings. The zero-order valence-corrected chi connectivity index (χ0v) is 11.4. The molecule has 2 nitrogen and oxygen atoms in total. The maximum absolute atomic E-state index is 14.4. The van der Waals surface area contributed by atoms with E-state index in [-0.39, 0.29) is 5.75 Å². The van der Waals surface area contributed by atoms with Gasteiger partial charge < -0.3 is 10.5 Å². The van der Waals surface area contributed by atoms with E-state index in [9.17, 15) is 4.39 Å². The van der Waals surface area contributed by atoms with Gasteiger partial charge in [0.1, 0.15) is 0 Å². The van der Waals surface area contributed by atoms with E-state index in [0.29, 0.717) is 5.56 Å². The second-order valence-corrected chi connectivity index (χ2v) is 4.84. The van der Waals surface area contributed by atoms with Crippen LogP contribution >= 0.6 is 0 Å². The highest BCUT2D eigenvalue weighted by molar-refractivity contribution is 5.44. The molecule has 1 unspecified atom stereocenters. The number of methoxy groups -OCH3 is 1. The zero-order chi connectivity index (χ0) is 14.0. The first-order chi connectivity index (χ1) is 8.98. The third-order valence-corrected chi connectivity index (χ3v) is 3.45. The summed E-state index contributed by atoms with van der Waals surface area (Å²) in [5, 5.41) is 0. The number of hydrogen-bond donors (Lipinski definition) is 1. The summed E-state index contributed by atoms with van der Waals surface area (Å²) < 4.78 is 19.4. The highest BCUT2D eigenvalue weighted by Gasteiger charge is 2.29. The summed E-state index contributed by atoms with van der Waals surface area (Å²) in [6.07, 6.45) is 0. The molecule has 0 aromatic heterocycles. The van der Waals surface area contributed by atoms with Crippen molar-refractivity contribution in [3.63, 3.8) is 0 Å². The maximum Gasteiger partial charge on any atom is 0.170 e. The van der Waals surface area contributed by atoms with E-state index in [1.54, 1.807) is 18.2 Å². The van der Waals surface area contributed by atoms with Crippen molar-refractivity contribution in [1.82, 2.24) is 0 Å². The van der Waals surface area contributed by atoms with Crippen LogP contribution in [0.5, 0.6) is 5.75 Å². The number of aryl methyl sites for hydroxylation is 1. The highest BCUT2D eigenvalue weighted by Crippen LogP contribution is 2.33. The Labute approximate surface area is 113 Å². The smallest absolute Gasteiger partial charge is 0.170 e. The Morgan fingerprint density at radius 2 is 1.68 bits per heavy atom. The molecule has 2 aromatic carbocycles. The van der Waals surface area contributed by atoms with Crippen LogP contribution in [0.2, 0.25) is 0 Å². The molecule has 0 radical (unpaired) electrons. The van der Waals surface area contributed by atoms with Crippen molar-refractivity contribution in [3.8, 4) is 5.75 Å². The van der Waals surface area contributed by atoms with Gasteiger partial charge >= 0.3 is 0 Å². The third-order valence-electron chi connectivity index (χ3n) is 3.45. The first kappa shape index (κ1) is 13.6. The van der Waals surface area contributed by atoms with Crippen LogP contribution in [0.4, 0.5) is 4.39 Å². The topological polar surface area (TPSA) is 35.2 Å². The molecule has 2 rings (SSSR count). The van der Waals surface area contributed by atoms with Gasteiger partial charge in [0.15, 0.2) is 11.6 Å². The average Bonchev–Trinajstić information content (AvgIpc) is 2.39. The predicted molar refractivity (Wildman–Crippen MR) is 74.8 cm³/mol. The van der Waals surface area contributed by atoms with Crippen LogP contribution in [0.15, 0.2) is 42.5 Å². The van der Waals surface area contributed by atoms with Crippen molar-refractivity contribution in [1.29, 1.82) is 0 Å². The van der Waals surface area contributed by atoms with Crippen LogP contribution in [0.25, 0.3) is 0 Å². The standard InChI is InChI=1S/C16H18FNO/c1-11-7-4-5-8-12(11)16(2,18)13-9-6-10-14(19-3)15(13)17/h4-10H,18H2,1-3H3. The molecule has 0 bridgehead atoms. The Hall–Kier alpha value is -1.87. The quantitative estimate of drug-likeness (QED) is 0.917. The summed E-state index contributed by atoms with van der Waals surface area (Å²) in [7, 11) is 1.45. The lowest BCUT2D eigenvalue weighted by molar-refractivity contribution is 0.379. The van der Waals surface area contributed by atoms with E-state index in [0.717, 1.165) is 11.1 Å². The second-order valence-electron chi connectivity index (χ2n) is 4.84. The van der Waals surface area contributed by atoms with Crippen molar-refractivity contribution >= 4 is 0 Å². The van der Waals surface area contributed by atoms with Crippen molar-refractivity contribution in [3.05, 3.63) is 65.0 Å². The van der Waals surface area contributed by atoms with Gasteiger partial charge in [-0.2, -0.15) is 0 Å². The van der Waals surface area contributed by atoms with Gasteiger partial charge in [-0.05, 0) is 31.0 Å². The molecular weight excluding hydrogens is 241 g/mol. The molecule has 2 N–H and O–H groups in total. The van der Waals surface area contributed by atoms with Gasteiger partial charge in [0.2, 0.25) is 0 Å². The van der Waals surface area contributed by atoms with Gasteiger partial charge in [-0.15, -0.1) is 0 Å². The fourth-order valence-corrected chi connectivity index (χ4v) is 2.37. The number of ether oxygens (including phenoxy) is 1. The number of rotatable bonds is 3. The molecule has 0 aliphatic carbocycles. The van der Waals surface area contributed by atoms with E-state index in [1.165, 1.54) is 7.11 Å². The lowest BCUT2D eigenvalue weighted by Crippen LogP contribution is -2.36. The molecule has 0 amide bonds. The number of hydrogen-bond acceptors (Lipinski definition) is 2. The van der Waals surface area contributed by atoms with Crippen LogP contribution in [0, 0.1) is 12.7 Å². The van der Waals surface area contributed by atoms with Gasteiger partial charge in [-0.25, -0.2) is 4.39 Å². The van der Waals surface area contributed by atoms with Crippen LogP contribution in [-0.2, 0) is 5.54 Å². The van der Waals surface area contributed by atoms with E-state index >= 15 is 0 Å². The fourth-order valence-electron chi connectivity index (χ4n) is 2.37. The molecule has 2 aromatic rings. The monoisotopic (exact) mass is 259 g/mol. The fraction of sp³-hybridized carbons (Fsp3) is 0.250. The van der Waals surface area contributed by atoms with E-state index in [4.69, 9.17) is 10.5 Å². The van der Waals surface area contributed by atoms with Crippen LogP contribution in [0.1, 0.15) is 23.6 Å². The Bertz CT molecular complexity index is 593. The third kappa shape index (κ3) is 2.34. The minimum atomic E-state index is -0.899. The number of benzene rings is 2. The Morgan fingerprint density at radius 3 is 2.32 bits per heavy atom. The first-order valence-electron chi connectivity index (χ1n) is 6.16. The van der Waals surface area contributed by atoms with Gasteiger partial charge in [0.05, 0.1) is 12.6 Å². The number of nitrogens with two attached hydrogens (primary N) is 1. The lowest BCUT2D eigenvalue weighted by Gasteiger charge is -2.28. The van der Waals surface area contributed by atoms with Gasteiger partial charge in [-0.1, -0.05) is 36.4 Å². The minimum Gasteiger partial charge on any atom is -0.494 e. The van der Waals surface area contributed by atoms with Crippen molar-refractivity contribution in [2.75, 3.05) is 7.11 Å². The molecule has 100 valence electrons. The summed E-state index contributed by atoms with van der Waals surface area (Å²) in [4.78, 5) is 0. The van der Waals surface area contributed by atoms with E-state index in [2.05, 4.69) is 0 Å². The molecule has 19 heavy (non-hydrogen) atoms. The normalized spacial score (nSPS) is 13.9. The summed E-state index contributed by atoms with van der Waals surface area (Å²) >= 11 is 0. The summed E-state index contributed by atoms with van der Waals surface area (Å²) in [6.45, 7) is 3.78. The van der Waals surface area contributed by atoms with Crippen LogP contribution in [0.3, 0.4) is 0 Å². The van der Waals surface area contributed by atoms with Crippen molar-refractivity contribution < 1.29 is 9.13 Å². The SMILES string of the molecule is COc1cccc(C(C)(N)c2ccccc2C)c1F. The van der Waals surface area contributed by atoms with Crippen molar-refractivity contribution in [2.24, 2.45) is 5.73 Å². The summed E-state index contributed by atoms with van der Waals surface area (Å²) in [5.74, 6) is -0.194. The molecule has 0 aliphatic heterocycles. The molecular formula is C16H18FNO. The Morgan fingerprint density at radius 1 is 1.05 bits per heavy atom.